The van der Waals surface area contributed by atoms with Crippen LogP contribution in [0.5, 0.6) is 0 Å². The van der Waals surface area contributed by atoms with Crippen LogP contribution in [0, 0.1) is 17.7 Å². The molecule has 1 saturated carbocycles. The number of hydrogen-bond acceptors (Lipinski definition) is 4. The summed E-state index contributed by atoms with van der Waals surface area (Å²) in [7, 11) is -3.91. The van der Waals surface area contributed by atoms with E-state index in [0.29, 0.717) is 18.0 Å². The molecule has 8 heteroatoms. The van der Waals surface area contributed by atoms with Gasteiger partial charge in [-0.1, -0.05) is 6.92 Å². The van der Waals surface area contributed by atoms with Crippen LogP contribution in [0.25, 0.3) is 0 Å². The van der Waals surface area contributed by atoms with Gasteiger partial charge in [-0.3, -0.25) is 4.79 Å². The highest BCUT2D eigenvalue weighted by molar-refractivity contribution is 7.89. The monoisotopic (exact) mass is 383 g/mol. The number of amides is 1. The molecule has 1 saturated heterocycles. The number of anilines is 1. The van der Waals surface area contributed by atoms with Crippen LogP contribution in [0.3, 0.4) is 0 Å². The summed E-state index contributed by atoms with van der Waals surface area (Å²) in [4.78, 5) is 11.9. The minimum atomic E-state index is -3.91. The SMILES string of the molecule is CC(CC(=O)Nc1ccc(F)c(S(=O)(=O)NC2CC2)c1)C1CCNCC1. The van der Waals surface area contributed by atoms with Crippen molar-refractivity contribution in [3.8, 4) is 0 Å². The first kappa shape index (κ1) is 19.3. The zero-order valence-electron chi connectivity index (χ0n) is 14.9. The highest BCUT2D eigenvalue weighted by atomic mass is 32.2. The minimum absolute atomic E-state index is 0.108. The van der Waals surface area contributed by atoms with Crippen molar-refractivity contribution < 1.29 is 17.6 Å². The molecule has 0 spiro atoms. The standard InChI is InChI=1S/C18H26FN3O3S/c1-12(13-6-8-20-9-7-13)10-18(23)21-15-4-5-16(19)17(11-15)26(24,25)22-14-2-3-14/h4-5,11-14,20,22H,2-3,6-10H2,1H3,(H,21,23). The van der Waals surface area contributed by atoms with Crippen molar-refractivity contribution >= 4 is 21.6 Å². The number of nitrogens with one attached hydrogen (secondary N) is 3. The molecule has 1 aromatic carbocycles. The Balaban J connectivity index is 1.63. The molecule has 0 radical (unpaired) electrons. The zero-order valence-corrected chi connectivity index (χ0v) is 15.7. The van der Waals surface area contributed by atoms with Crippen LogP contribution in [0.15, 0.2) is 23.1 Å². The maximum absolute atomic E-state index is 14.0. The minimum Gasteiger partial charge on any atom is -0.326 e. The molecule has 1 aliphatic carbocycles. The molecule has 0 bridgehead atoms. The van der Waals surface area contributed by atoms with Crippen LogP contribution in [0.2, 0.25) is 0 Å². The Bertz CT molecular complexity index is 759. The lowest BCUT2D eigenvalue weighted by Gasteiger charge is -2.27. The number of hydrogen-bond donors (Lipinski definition) is 3. The molecule has 3 rings (SSSR count). The second-order valence-corrected chi connectivity index (χ2v) is 9.04. The van der Waals surface area contributed by atoms with Gasteiger partial charge in [-0.2, -0.15) is 0 Å². The highest BCUT2D eigenvalue weighted by Gasteiger charge is 2.30. The number of piperidine rings is 1. The average Bonchev–Trinajstić information content (AvgIpc) is 3.40. The van der Waals surface area contributed by atoms with Crippen molar-refractivity contribution in [3.05, 3.63) is 24.0 Å². The summed E-state index contributed by atoms with van der Waals surface area (Å²) in [5.74, 6) is -0.244. The Labute approximate surface area is 154 Å². The average molecular weight is 383 g/mol. The normalized spacial score (nSPS) is 19.9. The summed E-state index contributed by atoms with van der Waals surface area (Å²) < 4.78 is 41.0. The molecule has 1 heterocycles. The molecule has 1 aromatic rings. The van der Waals surface area contributed by atoms with E-state index in [-0.39, 0.29) is 17.9 Å². The van der Waals surface area contributed by atoms with Crippen molar-refractivity contribution in [3.63, 3.8) is 0 Å². The predicted octanol–water partition coefficient (Wildman–Crippen LogP) is 2.23. The zero-order chi connectivity index (χ0) is 18.7. The van der Waals surface area contributed by atoms with Gasteiger partial charge in [0.15, 0.2) is 0 Å². The van der Waals surface area contributed by atoms with E-state index in [4.69, 9.17) is 0 Å². The second-order valence-electron chi connectivity index (χ2n) is 7.36. The van der Waals surface area contributed by atoms with Gasteiger partial charge in [0.25, 0.3) is 0 Å². The van der Waals surface area contributed by atoms with Gasteiger partial charge in [0.2, 0.25) is 15.9 Å². The number of benzene rings is 1. The van der Waals surface area contributed by atoms with Gasteiger partial charge < -0.3 is 10.6 Å². The molecule has 6 nitrogen and oxygen atoms in total. The molecule has 1 amide bonds. The predicted molar refractivity (Wildman–Crippen MR) is 97.7 cm³/mol. The number of rotatable bonds is 7. The number of sulfonamides is 1. The largest absolute Gasteiger partial charge is 0.326 e. The summed E-state index contributed by atoms with van der Waals surface area (Å²) in [6.07, 6.45) is 4.02. The van der Waals surface area contributed by atoms with E-state index in [1.807, 2.05) is 0 Å². The van der Waals surface area contributed by atoms with Crippen molar-refractivity contribution in [2.75, 3.05) is 18.4 Å². The van der Waals surface area contributed by atoms with Gasteiger partial charge >= 0.3 is 0 Å². The van der Waals surface area contributed by atoms with E-state index < -0.39 is 20.7 Å². The van der Waals surface area contributed by atoms with E-state index in [9.17, 15) is 17.6 Å². The van der Waals surface area contributed by atoms with Crippen molar-refractivity contribution in [2.45, 2.75) is 50.0 Å². The van der Waals surface area contributed by atoms with E-state index in [2.05, 4.69) is 22.3 Å². The summed E-state index contributed by atoms with van der Waals surface area (Å²) in [6.45, 7) is 4.02. The fraction of sp³-hybridized carbons (Fsp3) is 0.611. The van der Waals surface area contributed by atoms with Crippen LogP contribution < -0.4 is 15.4 Å². The maximum Gasteiger partial charge on any atom is 0.243 e. The Hall–Kier alpha value is -1.51. The quantitative estimate of drug-likeness (QED) is 0.674. The summed E-state index contributed by atoms with van der Waals surface area (Å²) >= 11 is 0. The fourth-order valence-electron chi connectivity index (χ4n) is 3.36. The molecule has 1 unspecified atom stereocenters. The van der Waals surface area contributed by atoms with Gasteiger partial charge in [0.1, 0.15) is 10.7 Å². The Morgan fingerprint density at radius 3 is 2.62 bits per heavy atom. The summed E-state index contributed by atoms with van der Waals surface area (Å²) in [5.41, 5.74) is 0.296. The van der Waals surface area contributed by atoms with Crippen molar-refractivity contribution in [1.29, 1.82) is 0 Å². The third-order valence-corrected chi connectivity index (χ3v) is 6.64. The molecule has 2 aliphatic rings. The molecule has 3 N–H and O–H groups in total. The van der Waals surface area contributed by atoms with Crippen LogP contribution in [-0.4, -0.2) is 33.5 Å². The molecule has 0 aromatic heterocycles. The van der Waals surface area contributed by atoms with Gasteiger partial charge in [-0.15, -0.1) is 0 Å². The van der Waals surface area contributed by atoms with E-state index in [1.165, 1.54) is 12.1 Å². The number of carbonyl (C=O) groups excluding carboxylic acids is 1. The number of halogens is 1. The van der Waals surface area contributed by atoms with Gasteiger partial charge in [-0.25, -0.2) is 17.5 Å². The van der Waals surface area contributed by atoms with Crippen molar-refractivity contribution in [2.24, 2.45) is 11.8 Å². The highest BCUT2D eigenvalue weighted by Crippen LogP contribution is 2.27. The first-order valence-corrected chi connectivity index (χ1v) is 10.7. The second kappa shape index (κ2) is 8.02. The third kappa shape index (κ3) is 5.02. The summed E-state index contributed by atoms with van der Waals surface area (Å²) in [6, 6.07) is 3.54. The first-order chi connectivity index (χ1) is 12.3. The maximum atomic E-state index is 14.0. The fourth-order valence-corrected chi connectivity index (χ4v) is 4.76. The third-order valence-electron chi connectivity index (χ3n) is 5.10. The Morgan fingerprint density at radius 2 is 1.96 bits per heavy atom. The molecule has 1 atom stereocenters. The molecule has 26 heavy (non-hydrogen) atoms. The topological polar surface area (TPSA) is 87.3 Å². The van der Waals surface area contributed by atoms with Gasteiger partial charge in [0.05, 0.1) is 0 Å². The van der Waals surface area contributed by atoms with Crippen LogP contribution in [-0.2, 0) is 14.8 Å². The van der Waals surface area contributed by atoms with Crippen LogP contribution in [0.4, 0.5) is 10.1 Å². The lowest BCUT2D eigenvalue weighted by molar-refractivity contribution is -0.117. The molecule has 144 valence electrons. The first-order valence-electron chi connectivity index (χ1n) is 9.17. The summed E-state index contributed by atoms with van der Waals surface area (Å²) in [5, 5.41) is 6.01. The lowest BCUT2D eigenvalue weighted by Crippen LogP contribution is -2.32. The van der Waals surface area contributed by atoms with Crippen LogP contribution >= 0.6 is 0 Å². The van der Waals surface area contributed by atoms with Crippen molar-refractivity contribution in [1.82, 2.24) is 10.0 Å². The van der Waals surface area contributed by atoms with Gasteiger partial charge in [0, 0.05) is 18.2 Å². The molecule has 1 aliphatic heterocycles. The Kier molecular flexibility index (Phi) is 5.94. The lowest BCUT2D eigenvalue weighted by atomic mass is 9.84. The van der Waals surface area contributed by atoms with E-state index in [0.717, 1.165) is 44.8 Å². The van der Waals surface area contributed by atoms with E-state index >= 15 is 0 Å². The molecular weight excluding hydrogens is 357 g/mol. The molecular formula is C18H26FN3O3S. The smallest absolute Gasteiger partial charge is 0.243 e. The Morgan fingerprint density at radius 1 is 1.27 bits per heavy atom. The van der Waals surface area contributed by atoms with Crippen LogP contribution in [0.1, 0.15) is 39.0 Å². The van der Waals surface area contributed by atoms with Gasteiger partial charge in [-0.05, 0) is 68.8 Å². The molecule has 2 fully saturated rings. The van der Waals surface area contributed by atoms with E-state index in [1.54, 1.807) is 0 Å². The number of carbonyl (C=O) groups is 1.